The number of pyridine rings is 2. The summed E-state index contributed by atoms with van der Waals surface area (Å²) < 4.78 is 7.07. The molecule has 3 heterocycles. The standard InChI is InChI=1S/C20H19BrN4O2/c21-13-1-2-16-17(11-13)23-8-4-19(16)25-9-5-14(6-10-25)27-15-3-7-24-18(12-15)20(22)26/h1-4,7-8,11-12,14H,5-6,9-10H2,(H2,22,26). The van der Waals surface area contributed by atoms with Gasteiger partial charge in [-0.3, -0.25) is 14.8 Å². The van der Waals surface area contributed by atoms with Crippen LogP contribution >= 0.6 is 15.9 Å². The predicted molar refractivity (Wildman–Crippen MR) is 108 cm³/mol. The summed E-state index contributed by atoms with van der Waals surface area (Å²) in [5.74, 6) is 0.0860. The van der Waals surface area contributed by atoms with E-state index in [9.17, 15) is 4.79 Å². The topological polar surface area (TPSA) is 81.3 Å². The average Bonchev–Trinajstić information content (AvgIpc) is 2.68. The number of carbonyl (C=O) groups is 1. The van der Waals surface area contributed by atoms with E-state index in [4.69, 9.17) is 10.5 Å². The van der Waals surface area contributed by atoms with Crippen molar-refractivity contribution in [2.45, 2.75) is 18.9 Å². The molecule has 1 aromatic carbocycles. The Bertz CT molecular complexity index is 987. The van der Waals surface area contributed by atoms with E-state index in [1.165, 1.54) is 5.69 Å². The molecule has 0 atom stereocenters. The van der Waals surface area contributed by atoms with E-state index in [1.54, 1.807) is 18.3 Å². The first-order valence-corrected chi connectivity index (χ1v) is 9.61. The van der Waals surface area contributed by atoms with Gasteiger partial charge in [0.25, 0.3) is 5.91 Å². The van der Waals surface area contributed by atoms with Gasteiger partial charge in [-0.1, -0.05) is 15.9 Å². The van der Waals surface area contributed by atoms with E-state index in [0.29, 0.717) is 5.75 Å². The molecule has 1 aliphatic rings. The van der Waals surface area contributed by atoms with Crippen LogP contribution in [0.25, 0.3) is 10.9 Å². The molecule has 0 spiro atoms. The lowest BCUT2D eigenvalue weighted by molar-refractivity contribution is 0.0994. The van der Waals surface area contributed by atoms with Crippen molar-refractivity contribution in [1.82, 2.24) is 9.97 Å². The minimum absolute atomic E-state index is 0.103. The number of hydrogen-bond acceptors (Lipinski definition) is 5. The Morgan fingerprint density at radius 2 is 1.89 bits per heavy atom. The maximum atomic E-state index is 11.3. The van der Waals surface area contributed by atoms with Crippen LogP contribution in [0.15, 0.2) is 53.3 Å². The third kappa shape index (κ3) is 3.88. The summed E-state index contributed by atoms with van der Waals surface area (Å²) >= 11 is 3.50. The molecule has 0 bridgehead atoms. The predicted octanol–water partition coefficient (Wildman–Crippen LogP) is 3.54. The number of benzene rings is 1. The molecule has 4 rings (SSSR count). The lowest BCUT2D eigenvalue weighted by Gasteiger charge is -2.34. The molecule has 27 heavy (non-hydrogen) atoms. The van der Waals surface area contributed by atoms with E-state index in [2.05, 4.69) is 42.9 Å². The van der Waals surface area contributed by atoms with Crippen LogP contribution in [0.4, 0.5) is 5.69 Å². The van der Waals surface area contributed by atoms with Crippen molar-refractivity contribution in [1.29, 1.82) is 0 Å². The van der Waals surface area contributed by atoms with Crippen LogP contribution in [0, 0.1) is 0 Å². The Morgan fingerprint density at radius 3 is 2.67 bits per heavy atom. The molecule has 1 aliphatic heterocycles. The zero-order chi connectivity index (χ0) is 18.8. The Balaban J connectivity index is 1.45. The summed E-state index contributed by atoms with van der Waals surface area (Å²) in [6.45, 7) is 1.79. The number of amides is 1. The van der Waals surface area contributed by atoms with Gasteiger partial charge in [0.2, 0.25) is 0 Å². The second kappa shape index (κ2) is 7.52. The monoisotopic (exact) mass is 426 g/mol. The molecule has 0 unspecified atom stereocenters. The smallest absolute Gasteiger partial charge is 0.267 e. The van der Waals surface area contributed by atoms with E-state index in [1.807, 2.05) is 18.3 Å². The van der Waals surface area contributed by atoms with Gasteiger partial charge in [0.15, 0.2) is 0 Å². The first-order chi connectivity index (χ1) is 13.1. The zero-order valence-electron chi connectivity index (χ0n) is 14.6. The number of rotatable bonds is 4. The van der Waals surface area contributed by atoms with Crippen molar-refractivity contribution in [3.63, 3.8) is 0 Å². The summed E-state index contributed by atoms with van der Waals surface area (Å²) in [6, 6.07) is 11.6. The van der Waals surface area contributed by atoms with E-state index < -0.39 is 5.91 Å². The molecule has 0 radical (unpaired) electrons. The highest BCUT2D eigenvalue weighted by Gasteiger charge is 2.22. The number of halogens is 1. The lowest BCUT2D eigenvalue weighted by atomic mass is 10.1. The molecule has 2 N–H and O–H groups in total. The van der Waals surface area contributed by atoms with Gasteiger partial charge < -0.3 is 15.4 Å². The summed E-state index contributed by atoms with van der Waals surface area (Å²) in [5.41, 5.74) is 7.69. The van der Waals surface area contributed by atoms with Crippen molar-refractivity contribution in [2.24, 2.45) is 5.73 Å². The molecule has 0 saturated carbocycles. The average molecular weight is 427 g/mol. The van der Waals surface area contributed by atoms with Crippen LogP contribution < -0.4 is 15.4 Å². The molecular weight excluding hydrogens is 408 g/mol. The third-order valence-corrected chi connectivity index (χ3v) is 5.24. The van der Waals surface area contributed by atoms with Crippen LogP contribution in [-0.4, -0.2) is 35.1 Å². The highest BCUT2D eigenvalue weighted by atomic mass is 79.9. The molecule has 1 fully saturated rings. The normalized spacial score (nSPS) is 15.1. The van der Waals surface area contributed by atoms with Crippen molar-refractivity contribution in [2.75, 3.05) is 18.0 Å². The molecule has 2 aromatic heterocycles. The molecular formula is C20H19BrN4O2. The highest BCUT2D eigenvalue weighted by molar-refractivity contribution is 9.10. The van der Waals surface area contributed by atoms with Crippen molar-refractivity contribution in [3.8, 4) is 5.75 Å². The Kier molecular flexibility index (Phi) is 4.94. The molecule has 7 heteroatoms. The molecule has 1 amide bonds. The van der Waals surface area contributed by atoms with Crippen molar-refractivity contribution in [3.05, 3.63) is 59.0 Å². The molecule has 6 nitrogen and oxygen atoms in total. The second-order valence-corrected chi connectivity index (χ2v) is 7.45. The van der Waals surface area contributed by atoms with Gasteiger partial charge in [0.05, 0.1) is 5.52 Å². The van der Waals surface area contributed by atoms with Gasteiger partial charge in [-0.25, -0.2) is 0 Å². The van der Waals surface area contributed by atoms with Gasteiger partial charge in [0, 0.05) is 59.9 Å². The minimum Gasteiger partial charge on any atom is -0.490 e. The summed E-state index contributed by atoms with van der Waals surface area (Å²) in [5, 5.41) is 1.15. The number of ether oxygens (including phenoxy) is 1. The van der Waals surface area contributed by atoms with Crippen LogP contribution in [0.5, 0.6) is 5.75 Å². The maximum absolute atomic E-state index is 11.3. The van der Waals surface area contributed by atoms with Crippen LogP contribution in [-0.2, 0) is 0 Å². The molecule has 3 aromatic rings. The third-order valence-electron chi connectivity index (χ3n) is 4.75. The van der Waals surface area contributed by atoms with Crippen LogP contribution in [0.2, 0.25) is 0 Å². The van der Waals surface area contributed by atoms with E-state index in [0.717, 1.165) is 41.3 Å². The minimum atomic E-state index is -0.550. The number of nitrogens with zero attached hydrogens (tertiary/aromatic N) is 3. The highest BCUT2D eigenvalue weighted by Crippen LogP contribution is 2.30. The molecule has 1 saturated heterocycles. The van der Waals surface area contributed by atoms with Gasteiger partial charge in [-0.2, -0.15) is 0 Å². The number of anilines is 1. The largest absolute Gasteiger partial charge is 0.490 e. The molecule has 138 valence electrons. The first-order valence-electron chi connectivity index (χ1n) is 8.82. The fraction of sp³-hybridized carbons (Fsp3) is 0.250. The fourth-order valence-corrected chi connectivity index (χ4v) is 3.76. The first kappa shape index (κ1) is 17.7. The fourth-order valence-electron chi connectivity index (χ4n) is 3.41. The summed E-state index contributed by atoms with van der Waals surface area (Å²) in [6.07, 6.45) is 5.30. The molecule has 0 aliphatic carbocycles. The lowest BCUT2D eigenvalue weighted by Crippen LogP contribution is -2.38. The van der Waals surface area contributed by atoms with Gasteiger partial charge in [-0.15, -0.1) is 0 Å². The number of fused-ring (bicyclic) bond motifs is 1. The maximum Gasteiger partial charge on any atom is 0.267 e. The number of primary amides is 1. The number of nitrogens with two attached hydrogens (primary N) is 1. The number of aromatic nitrogens is 2. The number of hydrogen-bond donors (Lipinski definition) is 1. The zero-order valence-corrected chi connectivity index (χ0v) is 16.2. The van der Waals surface area contributed by atoms with Gasteiger partial charge >= 0.3 is 0 Å². The van der Waals surface area contributed by atoms with Crippen molar-refractivity contribution < 1.29 is 9.53 Å². The van der Waals surface area contributed by atoms with Crippen LogP contribution in [0.1, 0.15) is 23.3 Å². The summed E-state index contributed by atoms with van der Waals surface area (Å²) in [7, 11) is 0. The number of piperidine rings is 1. The Labute approximate surface area is 165 Å². The van der Waals surface area contributed by atoms with E-state index in [-0.39, 0.29) is 11.8 Å². The SMILES string of the molecule is NC(=O)c1cc(OC2CCN(c3ccnc4cc(Br)ccc34)CC2)ccn1. The Morgan fingerprint density at radius 1 is 1.11 bits per heavy atom. The summed E-state index contributed by atoms with van der Waals surface area (Å²) in [4.78, 5) is 22.0. The Hall–Kier alpha value is -2.67. The quantitative estimate of drug-likeness (QED) is 0.689. The van der Waals surface area contributed by atoms with Crippen LogP contribution in [0.3, 0.4) is 0 Å². The van der Waals surface area contributed by atoms with E-state index >= 15 is 0 Å². The number of carbonyl (C=O) groups excluding carboxylic acids is 1. The van der Waals surface area contributed by atoms with Gasteiger partial charge in [-0.05, 0) is 30.3 Å². The second-order valence-electron chi connectivity index (χ2n) is 6.54. The van der Waals surface area contributed by atoms with Gasteiger partial charge in [0.1, 0.15) is 17.5 Å². The van der Waals surface area contributed by atoms with Crippen molar-refractivity contribution >= 4 is 38.4 Å².